The zero-order chi connectivity index (χ0) is 20.8. The van der Waals surface area contributed by atoms with Gasteiger partial charge in [-0.15, -0.1) is 8.78 Å². The molecule has 2 aromatic rings. The Hall–Kier alpha value is -0.490. The van der Waals surface area contributed by atoms with Crippen molar-refractivity contribution in [2.45, 2.75) is 22.2 Å². The first-order chi connectivity index (χ1) is 12.2. The van der Waals surface area contributed by atoms with E-state index >= 15 is 0 Å². The highest BCUT2D eigenvalue weighted by Crippen LogP contribution is 2.52. The van der Waals surface area contributed by atoms with Crippen molar-refractivity contribution in [2.75, 3.05) is 0 Å². The molecule has 147 valence electrons. The van der Waals surface area contributed by atoms with Gasteiger partial charge in [-0.05, 0) is 37.9 Å². The van der Waals surface area contributed by atoms with E-state index in [0.29, 0.717) is 0 Å². The molecule has 1 unspecified atom stereocenters. The Labute approximate surface area is 173 Å². The Morgan fingerprint density at radius 3 is 2.07 bits per heavy atom. The lowest BCUT2D eigenvalue weighted by Crippen LogP contribution is -2.56. The van der Waals surface area contributed by atoms with Crippen molar-refractivity contribution in [3.8, 4) is 11.1 Å². The first kappa shape index (κ1) is 22.8. The molecule has 1 atom stereocenters. The molecule has 0 aliphatic rings. The van der Waals surface area contributed by atoms with Crippen LogP contribution in [-0.2, 0) is 11.2 Å². The summed E-state index contributed by atoms with van der Waals surface area (Å²) in [5.74, 6) is -6.53. The fraction of sp³-hybridized carbons (Fsp3) is 0.200. The molecule has 27 heavy (non-hydrogen) atoms. The molecule has 2 rings (SSSR count). The average molecular weight is 562 g/mol. The van der Waals surface area contributed by atoms with Gasteiger partial charge in [0.05, 0.1) is 16.7 Å². The van der Waals surface area contributed by atoms with Gasteiger partial charge in [-0.25, -0.2) is 0 Å². The maximum absolute atomic E-state index is 14.0. The zero-order valence-corrected chi connectivity index (χ0v) is 17.2. The molecule has 0 amide bonds. The molecule has 0 fully saturated rings. The summed E-state index contributed by atoms with van der Waals surface area (Å²) < 4.78 is 104. The summed E-state index contributed by atoms with van der Waals surface area (Å²) in [5.41, 5.74) is -0.357. The van der Waals surface area contributed by atoms with Gasteiger partial charge in [-0.2, -0.15) is 22.0 Å². The molecule has 0 N–H and O–H groups in total. The van der Waals surface area contributed by atoms with Gasteiger partial charge in [0.15, 0.2) is 4.90 Å². The fourth-order valence-electron chi connectivity index (χ4n) is 1.98. The van der Waals surface area contributed by atoms with E-state index in [0.717, 1.165) is 6.07 Å². The van der Waals surface area contributed by atoms with Crippen molar-refractivity contribution >= 4 is 54.6 Å². The minimum Gasteiger partial charge on any atom is -0.606 e. The van der Waals surface area contributed by atoms with Gasteiger partial charge in [0.1, 0.15) is 0 Å². The highest BCUT2D eigenvalue weighted by atomic mass is 79.9. The number of rotatable bonds is 4. The van der Waals surface area contributed by atoms with Gasteiger partial charge in [-0.3, -0.25) is 0 Å². The second-order valence-electron chi connectivity index (χ2n) is 5.01. The lowest BCUT2D eigenvalue weighted by Gasteiger charge is -2.29. The van der Waals surface area contributed by atoms with Crippen molar-refractivity contribution < 1.29 is 35.3 Å². The summed E-state index contributed by atoms with van der Waals surface area (Å²) >= 11 is 7.69. The fourth-order valence-corrected chi connectivity index (χ4v) is 5.07. The lowest BCUT2D eigenvalue weighted by molar-refractivity contribution is -0.332. The Kier molecular flexibility index (Phi) is 6.53. The third-order valence-corrected chi connectivity index (χ3v) is 6.05. The molecule has 2 aromatic carbocycles. The zero-order valence-electron chi connectivity index (χ0n) is 12.5. The van der Waals surface area contributed by atoms with Crippen LogP contribution < -0.4 is 0 Å². The van der Waals surface area contributed by atoms with Crippen LogP contribution in [-0.4, -0.2) is 21.9 Å². The van der Waals surface area contributed by atoms with E-state index in [1.807, 2.05) is 0 Å². The molecule has 0 aliphatic carbocycles. The van der Waals surface area contributed by atoms with Crippen LogP contribution in [0.2, 0.25) is 5.02 Å². The van der Waals surface area contributed by atoms with E-state index in [-0.39, 0.29) is 25.1 Å². The van der Waals surface area contributed by atoms with E-state index in [1.165, 1.54) is 24.3 Å². The predicted octanol–water partition coefficient (Wildman–Crippen LogP) is 7.23. The standard InChI is InChI=1S/C15H5Br2ClF7OS/c16-7-5-9(17)12(8-3-1-2-4-10(8)18)11(6-7)27(26)15(24,25)13(19,20)14(21,22)23/h1-4,6H. The molecule has 12 heteroatoms. The Balaban J connectivity index is 2.74. The molecule has 0 aromatic heterocycles. The summed E-state index contributed by atoms with van der Waals surface area (Å²) in [6, 6.07) is 8.82. The second-order valence-corrected chi connectivity index (χ2v) is 8.55. The van der Waals surface area contributed by atoms with E-state index in [9.17, 15) is 35.3 Å². The summed E-state index contributed by atoms with van der Waals surface area (Å²) in [6.07, 6.45) is -6.61. The van der Waals surface area contributed by atoms with E-state index in [2.05, 4.69) is 37.9 Å². The van der Waals surface area contributed by atoms with Crippen LogP contribution in [0, 0.1) is 6.07 Å². The highest BCUT2D eigenvalue weighted by molar-refractivity contribution is 9.11. The van der Waals surface area contributed by atoms with E-state index in [4.69, 9.17) is 11.6 Å². The van der Waals surface area contributed by atoms with E-state index in [1.54, 1.807) is 0 Å². The summed E-state index contributed by atoms with van der Waals surface area (Å²) in [5, 5.41) is -5.97. The minimum absolute atomic E-state index is 0.00994. The average Bonchev–Trinajstić information content (AvgIpc) is 2.53. The van der Waals surface area contributed by atoms with Crippen molar-refractivity contribution in [2.24, 2.45) is 0 Å². The van der Waals surface area contributed by atoms with Crippen LogP contribution >= 0.6 is 43.5 Å². The van der Waals surface area contributed by atoms with Gasteiger partial charge < -0.3 is 4.55 Å². The first-order valence-electron chi connectivity index (χ1n) is 6.62. The molecule has 0 saturated carbocycles. The van der Waals surface area contributed by atoms with Crippen LogP contribution in [0.3, 0.4) is 0 Å². The highest BCUT2D eigenvalue weighted by Gasteiger charge is 2.80. The summed E-state index contributed by atoms with van der Waals surface area (Å²) in [4.78, 5) is -0.977. The Morgan fingerprint density at radius 1 is 1.00 bits per heavy atom. The van der Waals surface area contributed by atoms with Crippen LogP contribution in [0.25, 0.3) is 11.1 Å². The molecular weight excluding hydrogens is 556 g/mol. The molecule has 0 spiro atoms. The number of halogens is 10. The number of hydrogen-bond acceptors (Lipinski definition) is 1. The van der Waals surface area contributed by atoms with Gasteiger partial charge >= 0.3 is 17.4 Å². The van der Waals surface area contributed by atoms with Gasteiger partial charge in [-0.1, -0.05) is 29.8 Å². The van der Waals surface area contributed by atoms with Crippen molar-refractivity contribution in [3.05, 3.63) is 50.4 Å². The summed E-state index contributed by atoms with van der Waals surface area (Å²) in [7, 11) is 0. The maximum Gasteiger partial charge on any atom is 0.486 e. The molecular formula is C15H5Br2ClF7OS. The third-order valence-electron chi connectivity index (χ3n) is 3.25. The van der Waals surface area contributed by atoms with Gasteiger partial charge in [0.25, 0.3) is 0 Å². The molecule has 1 radical (unpaired) electrons. The quantitative estimate of drug-likeness (QED) is 0.285. The maximum atomic E-state index is 14.0. The molecule has 0 bridgehead atoms. The normalized spacial score (nSPS) is 14.3. The summed E-state index contributed by atoms with van der Waals surface area (Å²) in [6.45, 7) is 0. The largest absolute Gasteiger partial charge is 0.606 e. The molecule has 0 heterocycles. The number of hydrogen-bond donors (Lipinski definition) is 0. The van der Waals surface area contributed by atoms with Crippen LogP contribution in [0.1, 0.15) is 0 Å². The van der Waals surface area contributed by atoms with Crippen LogP contribution in [0.4, 0.5) is 30.7 Å². The van der Waals surface area contributed by atoms with Crippen LogP contribution in [0.15, 0.2) is 44.2 Å². The van der Waals surface area contributed by atoms with Crippen molar-refractivity contribution in [1.29, 1.82) is 0 Å². The Bertz CT molecular complexity index is 861. The Morgan fingerprint density at radius 2 is 1.56 bits per heavy atom. The topological polar surface area (TPSA) is 23.1 Å². The molecule has 0 saturated heterocycles. The van der Waals surface area contributed by atoms with Crippen LogP contribution in [0.5, 0.6) is 0 Å². The van der Waals surface area contributed by atoms with E-state index < -0.39 is 33.4 Å². The predicted molar refractivity (Wildman–Crippen MR) is 93.5 cm³/mol. The number of alkyl halides is 7. The second kappa shape index (κ2) is 7.74. The number of benzene rings is 2. The first-order valence-corrected chi connectivity index (χ1v) is 9.73. The lowest BCUT2D eigenvalue weighted by atomic mass is 10.1. The smallest absolute Gasteiger partial charge is 0.486 e. The molecule has 0 aliphatic heterocycles. The van der Waals surface area contributed by atoms with Crippen molar-refractivity contribution in [3.63, 3.8) is 0 Å². The minimum atomic E-state index is -6.61. The van der Waals surface area contributed by atoms with Gasteiger partial charge in [0.2, 0.25) is 0 Å². The van der Waals surface area contributed by atoms with Gasteiger partial charge in [0, 0.05) is 31.7 Å². The third kappa shape index (κ3) is 4.12. The molecule has 1 nitrogen and oxygen atoms in total. The van der Waals surface area contributed by atoms with Crippen molar-refractivity contribution in [1.82, 2.24) is 0 Å². The SMILES string of the molecule is [O-][S+](c1cc(Br)[c]c(Br)c1-c1ccccc1Cl)C(F)(F)C(F)(F)C(F)(F)F. The monoisotopic (exact) mass is 559 g/mol.